The zero-order chi connectivity index (χ0) is 11.6. The van der Waals surface area contributed by atoms with Crippen LogP contribution in [0.2, 0.25) is 0 Å². The van der Waals surface area contributed by atoms with Crippen LogP contribution in [-0.4, -0.2) is 22.2 Å². The van der Waals surface area contributed by atoms with E-state index < -0.39 is 17.3 Å². The number of aromatic nitrogens is 2. The molecule has 0 saturated carbocycles. The summed E-state index contributed by atoms with van der Waals surface area (Å²) in [4.78, 5) is 33.8. The summed E-state index contributed by atoms with van der Waals surface area (Å²) in [5.41, 5.74) is -0.928. The van der Waals surface area contributed by atoms with E-state index in [0.717, 1.165) is 4.57 Å². The minimum atomic E-state index is -0.540. The quantitative estimate of drug-likeness (QED) is 0.615. The van der Waals surface area contributed by atoms with Crippen LogP contribution < -0.4 is 21.9 Å². The number of hydrogen-bond acceptors (Lipinski definition) is 3. The van der Waals surface area contributed by atoms with Crippen molar-refractivity contribution in [3.63, 3.8) is 0 Å². The fourth-order valence-corrected chi connectivity index (χ4v) is 1.08. The van der Waals surface area contributed by atoms with Crippen LogP contribution in [0.5, 0.6) is 0 Å². The summed E-state index contributed by atoms with van der Waals surface area (Å²) < 4.78 is 2.14. The molecule has 0 aliphatic rings. The molecule has 7 heteroatoms. The number of anilines is 1. The molecule has 1 aromatic rings. The molecule has 0 aliphatic heterocycles. The van der Waals surface area contributed by atoms with E-state index in [-0.39, 0.29) is 5.69 Å². The number of urea groups is 1. The van der Waals surface area contributed by atoms with Gasteiger partial charge in [0, 0.05) is 27.3 Å². The lowest BCUT2D eigenvalue weighted by molar-refractivity contribution is 0.254. The van der Waals surface area contributed by atoms with Crippen molar-refractivity contribution in [3.05, 3.63) is 27.0 Å². The minimum absolute atomic E-state index is 0.0546. The molecule has 0 atom stereocenters. The molecular formula is C8H12N4O3. The number of nitrogens with zero attached hydrogens (tertiary/aromatic N) is 2. The SMILES string of the molecule is CNC(=O)Nc1cn(C)c(=O)n(C)c1=O. The monoisotopic (exact) mass is 212 g/mol. The lowest BCUT2D eigenvalue weighted by Crippen LogP contribution is -2.39. The van der Waals surface area contributed by atoms with E-state index in [9.17, 15) is 14.4 Å². The highest BCUT2D eigenvalue weighted by molar-refractivity contribution is 5.88. The van der Waals surface area contributed by atoms with E-state index in [0.29, 0.717) is 0 Å². The molecule has 0 radical (unpaired) electrons. The maximum absolute atomic E-state index is 11.5. The normalized spacial score (nSPS) is 9.80. The molecule has 0 fully saturated rings. The average molecular weight is 212 g/mol. The van der Waals surface area contributed by atoms with Crippen LogP contribution in [0.25, 0.3) is 0 Å². The van der Waals surface area contributed by atoms with Crippen molar-refractivity contribution in [1.82, 2.24) is 14.5 Å². The first-order valence-electron chi connectivity index (χ1n) is 4.22. The van der Waals surface area contributed by atoms with Gasteiger partial charge in [0.25, 0.3) is 5.56 Å². The Kier molecular flexibility index (Phi) is 2.93. The number of hydrogen-bond donors (Lipinski definition) is 2. The van der Waals surface area contributed by atoms with Gasteiger partial charge in [0.15, 0.2) is 0 Å². The van der Waals surface area contributed by atoms with Crippen molar-refractivity contribution in [1.29, 1.82) is 0 Å². The van der Waals surface area contributed by atoms with E-state index in [1.54, 1.807) is 0 Å². The minimum Gasteiger partial charge on any atom is -0.341 e. The van der Waals surface area contributed by atoms with Crippen LogP contribution in [0, 0.1) is 0 Å². The smallest absolute Gasteiger partial charge is 0.330 e. The number of carbonyl (C=O) groups is 1. The third-order valence-electron chi connectivity index (χ3n) is 1.92. The van der Waals surface area contributed by atoms with Crippen molar-refractivity contribution < 1.29 is 4.79 Å². The standard InChI is InChI=1S/C8H12N4O3/c1-9-7(14)10-5-4-11(2)8(15)12(3)6(5)13/h4H,1-3H3,(H2,9,10,14). The Hall–Kier alpha value is -2.05. The molecule has 2 amide bonds. The highest BCUT2D eigenvalue weighted by atomic mass is 16.2. The van der Waals surface area contributed by atoms with E-state index in [1.165, 1.54) is 31.9 Å². The summed E-state index contributed by atoms with van der Waals surface area (Å²) in [5, 5.41) is 4.63. The van der Waals surface area contributed by atoms with Gasteiger partial charge in [-0.25, -0.2) is 9.59 Å². The first-order chi connectivity index (χ1) is 6.97. The molecule has 1 rings (SSSR count). The summed E-state index contributed by atoms with van der Waals surface area (Å²) in [6.07, 6.45) is 1.28. The predicted octanol–water partition coefficient (Wildman–Crippen LogP) is -1.16. The Bertz CT molecular complexity index is 500. The number of aryl methyl sites for hydroxylation is 1. The molecule has 0 aromatic carbocycles. The van der Waals surface area contributed by atoms with Crippen LogP contribution in [0.1, 0.15) is 0 Å². The molecule has 15 heavy (non-hydrogen) atoms. The molecule has 82 valence electrons. The zero-order valence-corrected chi connectivity index (χ0v) is 8.70. The van der Waals surface area contributed by atoms with Gasteiger partial charge in [0.2, 0.25) is 0 Å². The summed E-state index contributed by atoms with van der Waals surface area (Å²) in [6.45, 7) is 0. The summed E-state index contributed by atoms with van der Waals surface area (Å²) in [5.74, 6) is 0. The van der Waals surface area contributed by atoms with Gasteiger partial charge in [-0.15, -0.1) is 0 Å². The molecule has 0 saturated heterocycles. The fraction of sp³-hybridized carbons (Fsp3) is 0.375. The first kappa shape index (κ1) is 11.0. The van der Waals surface area contributed by atoms with Crippen LogP contribution in [-0.2, 0) is 14.1 Å². The summed E-state index contributed by atoms with van der Waals surface area (Å²) in [7, 11) is 4.28. The molecule has 0 spiro atoms. The van der Waals surface area contributed by atoms with Crippen molar-refractivity contribution in [2.45, 2.75) is 0 Å². The van der Waals surface area contributed by atoms with Gasteiger partial charge >= 0.3 is 11.7 Å². The Morgan fingerprint density at radius 1 is 1.33 bits per heavy atom. The van der Waals surface area contributed by atoms with E-state index in [4.69, 9.17) is 0 Å². The van der Waals surface area contributed by atoms with Crippen molar-refractivity contribution in [2.75, 3.05) is 12.4 Å². The van der Waals surface area contributed by atoms with E-state index in [1.807, 2.05) is 0 Å². The zero-order valence-electron chi connectivity index (χ0n) is 8.70. The molecule has 1 heterocycles. The molecule has 1 aromatic heterocycles. The second-order valence-corrected chi connectivity index (χ2v) is 3.00. The number of carbonyl (C=O) groups excluding carboxylic acids is 1. The molecule has 0 aliphatic carbocycles. The second kappa shape index (κ2) is 3.99. The molecular weight excluding hydrogens is 200 g/mol. The Morgan fingerprint density at radius 2 is 1.93 bits per heavy atom. The maximum atomic E-state index is 11.5. The van der Waals surface area contributed by atoms with Gasteiger partial charge in [-0.2, -0.15) is 0 Å². The second-order valence-electron chi connectivity index (χ2n) is 3.00. The van der Waals surface area contributed by atoms with Gasteiger partial charge in [0.1, 0.15) is 5.69 Å². The number of nitrogens with one attached hydrogen (secondary N) is 2. The van der Waals surface area contributed by atoms with Crippen LogP contribution >= 0.6 is 0 Å². The van der Waals surface area contributed by atoms with Crippen molar-refractivity contribution in [3.8, 4) is 0 Å². The van der Waals surface area contributed by atoms with Crippen LogP contribution in [0.3, 0.4) is 0 Å². The number of rotatable bonds is 1. The van der Waals surface area contributed by atoms with E-state index >= 15 is 0 Å². The lowest BCUT2D eigenvalue weighted by Gasteiger charge is -2.07. The fourth-order valence-electron chi connectivity index (χ4n) is 1.08. The van der Waals surface area contributed by atoms with Crippen molar-refractivity contribution in [2.24, 2.45) is 14.1 Å². The molecule has 0 bridgehead atoms. The maximum Gasteiger partial charge on any atom is 0.330 e. The lowest BCUT2D eigenvalue weighted by atomic mass is 10.5. The molecule has 7 nitrogen and oxygen atoms in total. The Morgan fingerprint density at radius 3 is 2.47 bits per heavy atom. The first-order valence-corrected chi connectivity index (χ1v) is 4.22. The van der Waals surface area contributed by atoms with Crippen molar-refractivity contribution >= 4 is 11.7 Å². The third kappa shape index (κ3) is 2.06. The van der Waals surface area contributed by atoms with Crippen LogP contribution in [0.4, 0.5) is 10.5 Å². The highest BCUT2D eigenvalue weighted by Gasteiger charge is 2.08. The van der Waals surface area contributed by atoms with Gasteiger partial charge in [-0.1, -0.05) is 0 Å². The largest absolute Gasteiger partial charge is 0.341 e. The molecule has 2 N–H and O–H groups in total. The van der Waals surface area contributed by atoms with Gasteiger partial charge in [-0.3, -0.25) is 9.36 Å². The Balaban J connectivity index is 3.27. The number of amides is 2. The predicted molar refractivity (Wildman–Crippen MR) is 55.0 cm³/mol. The Labute approximate surface area is 85.3 Å². The third-order valence-corrected chi connectivity index (χ3v) is 1.92. The topological polar surface area (TPSA) is 85.1 Å². The van der Waals surface area contributed by atoms with Crippen LogP contribution in [0.15, 0.2) is 15.8 Å². The van der Waals surface area contributed by atoms with Gasteiger partial charge in [0.05, 0.1) is 0 Å². The summed E-state index contributed by atoms with van der Waals surface area (Å²) in [6, 6.07) is -0.509. The van der Waals surface area contributed by atoms with Gasteiger partial charge < -0.3 is 15.2 Å². The highest BCUT2D eigenvalue weighted by Crippen LogP contribution is 1.93. The summed E-state index contributed by atoms with van der Waals surface area (Å²) >= 11 is 0. The molecule has 0 unspecified atom stereocenters. The van der Waals surface area contributed by atoms with E-state index in [2.05, 4.69) is 10.6 Å². The average Bonchev–Trinajstić information content (AvgIpc) is 2.22. The van der Waals surface area contributed by atoms with Gasteiger partial charge in [-0.05, 0) is 0 Å².